The summed E-state index contributed by atoms with van der Waals surface area (Å²) in [6.45, 7) is 7.87. The van der Waals surface area contributed by atoms with Gasteiger partial charge in [-0.2, -0.15) is 5.10 Å². The molecule has 258 valence electrons. The van der Waals surface area contributed by atoms with E-state index in [0.717, 1.165) is 35.7 Å². The molecule has 3 rings (SSSR count). The summed E-state index contributed by atoms with van der Waals surface area (Å²) >= 11 is 0. The van der Waals surface area contributed by atoms with Gasteiger partial charge in [-0.05, 0) is 67.5 Å². The van der Waals surface area contributed by atoms with Crippen molar-refractivity contribution in [3.63, 3.8) is 0 Å². The number of nitrogens with one attached hydrogen (secondary N) is 4. The Morgan fingerprint density at radius 3 is 2.19 bits per heavy atom. The van der Waals surface area contributed by atoms with Gasteiger partial charge in [-0.3, -0.25) is 14.7 Å². The maximum absolute atomic E-state index is 14.1. The Hall–Kier alpha value is -3.68. The van der Waals surface area contributed by atoms with E-state index in [1.807, 2.05) is 45.0 Å². The molecule has 0 saturated heterocycles. The Bertz CT molecular complexity index is 1560. The topological polar surface area (TPSA) is 153 Å². The molecule has 0 radical (unpaired) electrons. The molecule has 0 bridgehead atoms. The zero-order valence-corrected chi connectivity index (χ0v) is 28.3. The summed E-state index contributed by atoms with van der Waals surface area (Å²) in [5.41, 5.74) is 2.87. The molecule has 2 amide bonds. The number of hydrogen-bond acceptors (Lipinski definition) is 7. The molecule has 5 N–H and O–H groups in total. The molecule has 13 heteroatoms. The molecule has 0 unspecified atom stereocenters. The molecule has 3 aromatic rings. The molecule has 0 saturated carbocycles. The van der Waals surface area contributed by atoms with Gasteiger partial charge in [0.2, 0.25) is 5.91 Å². The van der Waals surface area contributed by atoms with Crippen LogP contribution in [0, 0.1) is 18.6 Å². The van der Waals surface area contributed by atoms with E-state index in [1.54, 1.807) is 6.92 Å². The molecule has 0 spiro atoms. The van der Waals surface area contributed by atoms with E-state index >= 15 is 0 Å². The highest BCUT2D eigenvalue weighted by molar-refractivity contribution is 7.92. The van der Waals surface area contributed by atoms with Crippen molar-refractivity contribution in [3.05, 3.63) is 88.2 Å². The molecular formula is C34H47F2N5O5S. The van der Waals surface area contributed by atoms with Crippen molar-refractivity contribution in [3.8, 4) is 0 Å². The van der Waals surface area contributed by atoms with Crippen LogP contribution in [0.4, 0.5) is 8.78 Å². The van der Waals surface area contributed by atoms with Crippen LogP contribution in [0.5, 0.6) is 0 Å². The molecule has 3 atom stereocenters. The molecular weight excluding hydrogens is 628 g/mol. The van der Waals surface area contributed by atoms with E-state index in [4.69, 9.17) is 0 Å². The van der Waals surface area contributed by atoms with Crippen LogP contribution >= 0.6 is 0 Å². The number of benzene rings is 2. The lowest BCUT2D eigenvalue weighted by atomic mass is 10.00. The first kappa shape index (κ1) is 37.8. The minimum Gasteiger partial charge on any atom is -0.390 e. The van der Waals surface area contributed by atoms with E-state index in [9.17, 15) is 31.9 Å². The van der Waals surface area contributed by atoms with Gasteiger partial charge in [0, 0.05) is 19.2 Å². The van der Waals surface area contributed by atoms with Crippen molar-refractivity contribution in [1.82, 2.24) is 26.1 Å². The number of rotatable bonds is 19. The number of aliphatic hydroxyl groups excluding tert-OH is 1. The number of carbonyl (C=O) groups excluding carboxylic acids is 2. The van der Waals surface area contributed by atoms with Crippen molar-refractivity contribution in [2.75, 3.05) is 12.3 Å². The molecule has 47 heavy (non-hydrogen) atoms. The first-order chi connectivity index (χ1) is 22.3. The first-order valence-electron chi connectivity index (χ1n) is 16.1. The van der Waals surface area contributed by atoms with E-state index in [1.165, 1.54) is 6.07 Å². The van der Waals surface area contributed by atoms with Gasteiger partial charge in [0.05, 0.1) is 28.8 Å². The van der Waals surface area contributed by atoms with Crippen LogP contribution in [-0.4, -0.2) is 71.3 Å². The molecule has 2 aromatic carbocycles. The number of carbonyl (C=O) groups is 2. The molecule has 0 aliphatic carbocycles. The third kappa shape index (κ3) is 11.8. The number of hydrogen-bond donors (Lipinski definition) is 5. The first-order valence-corrected chi connectivity index (χ1v) is 17.8. The third-order valence-corrected chi connectivity index (χ3v) is 10.2. The average molecular weight is 676 g/mol. The average Bonchev–Trinajstić information content (AvgIpc) is 3.46. The minimum atomic E-state index is -3.87. The van der Waals surface area contributed by atoms with Crippen LogP contribution in [0.3, 0.4) is 0 Å². The van der Waals surface area contributed by atoms with E-state index in [2.05, 4.69) is 26.1 Å². The minimum absolute atomic E-state index is 0.00306. The third-order valence-electron chi connectivity index (χ3n) is 7.95. The highest BCUT2D eigenvalue weighted by atomic mass is 32.2. The van der Waals surface area contributed by atoms with Gasteiger partial charge in [-0.1, -0.05) is 57.9 Å². The van der Waals surface area contributed by atoms with Crippen molar-refractivity contribution < 1.29 is 31.9 Å². The number of aryl methyl sites for hydroxylation is 2. The molecule has 1 heterocycles. The fourth-order valence-electron chi connectivity index (χ4n) is 5.49. The zero-order chi connectivity index (χ0) is 34.6. The quantitative estimate of drug-likeness (QED) is 0.129. The summed E-state index contributed by atoms with van der Waals surface area (Å²) in [5, 5.41) is 25.4. The second kappa shape index (κ2) is 18.0. The fraction of sp³-hybridized carbons (Fsp3) is 0.500. The summed E-state index contributed by atoms with van der Waals surface area (Å²) in [4.78, 5) is 26.9. The molecule has 0 aliphatic heterocycles. The number of halogens is 2. The predicted octanol–water partition coefficient (Wildman–Crippen LogP) is 3.92. The zero-order valence-electron chi connectivity index (χ0n) is 27.5. The van der Waals surface area contributed by atoms with E-state index in [0.29, 0.717) is 37.9 Å². The summed E-state index contributed by atoms with van der Waals surface area (Å²) in [5.74, 6) is -3.91. The van der Waals surface area contributed by atoms with Gasteiger partial charge in [-0.25, -0.2) is 17.2 Å². The van der Waals surface area contributed by atoms with Crippen molar-refractivity contribution in [2.24, 2.45) is 0 Å². The van der Waals surface area contributed by atoms with Gasteiger partial charge in [0.1, 0.15) is 23.4 Å². The largest absolute Gasteiger partial charge is 0.390 e. The lowest BCUT2D eigenvalue weighted by Gasteiger charge is -2.28. The Morgan fingerprint density at radius 2 is 1.60 bits per heavy atom. The molecule has 10 nitrogen and oxygen atoms in total. The Kier molecular flexibility index (Phi) is 14.5. The summed E-state index contributed by atoms with van der Waals surface area (Å²) in [6, 6.07) is 9.67. The van der Waals surface area contributed by atoms with Crippen molar-refractivity contribution >= 4 is 21.7 Å². The maximum atomic E-state index is 14.1. The van der Waals surface area contributed by atoms with Gasteiger partial charge in [0.15, 0.2) is 9.84 Å². The monoisotopic (exact) mass is 675 g/mol. The lowest BCUT2D eigenvalue weighted by molar-refractivity contribution is -0.124. The highest BCUT2D eigenvalue weighted by Crippen LogP contribution is 2.18. The van der Waals surface area contributed by atoms with Crippen LogP contribution in [-0.2, 0) is 34.0 Å². The second-order valence-corrected chi connectivity index (χ2v) is 14.3. The Balaban J connectivity index is 1.87. The van der Waals surface area contributed by atoms with Crippen molar-refractivity contribution in [1.29, 1.82) is 0 Å². The predicted molar refractivity (Wildman–Crippen MR) is 177 cm³/mol. The van der Waals surface area contributed by atoms with Crippen LogP contribution in [0.25, 0.3) is 0 Å². The highest BCUT2D eigenvalue weighted by Gasteiger charge is 2.34. The Labute approximate surface area is 276 Å². The van der Waals surface area contributed by atoms with Crippen LogP contribution in [0.15, 0.2) is 48.5 Å². The van der Waals surface area contributed by atoms with E-state index in [-0.39, 0.29) is 24.2 Å². The number of H-pyrrole nitrogens is 1. The van der Waals surface area contributed by atoms with E-state index < -0.39 is 62.5 Å². The van der Waals surface area contributed by atoms with Crippen LogP contribution < -0.4 is 16.0 Å². The molecule has 1 aromatic heterocycles. The SMILES string of the molecule is CCCC(CCC)S(=O)(=O)C[C@@H](NC(=O)c1cc(C)n[nH]1)C(=O)N[C@@H](Cc1cc(F)cc(F)c1)[C@H](O)CNCc1cccc(CC)c1. The smallest absolute Gasteiger partial charge is 0.269 e. The molecule has 0 aliphatic rings. The summed E-state index contributed by atoms with van der Waals surface area (Å²) in [6.07, 6.45) is 1.48. The van der Waals surface area contributed by atoms with Gasteiger partial charge in [0.25, 0.3) is 5.91 Å². The lowest BCUT2D eigenvalue weighted by Crippen LogP contribution is -2.57. The number of amides is 2. The summed E-state index contributed by atoms with van der Waals surface area (Å²) < 4.78 is 55.3. The van der Waals surface area contributed by atoms with Crippen LogP contribution in [0.1, 0.15) is 79.3 Å². The standard InChI is InChI=1S/C34H47F2N5O5S/c1-5-9-28(10-6-2)47(45,46)21-31(39-33(43)30-13-22(4)40-41-30)34(44)38-29(17-25-15-26(35)18-27(36)16-25)32(42)20-37-19-24-12-8-11-23(7-3)14-24/h8,11-16,18,28-29,31-32,37,42H,5-7,9-10,17,19-21H2,1-4H3,(H,38,44)(H,39,43)(H,40,41)/t29-,31+,32+/m0/s1. The van der Waals surface area contributed by atoms with Crippen LogP contribution in [0.2, 0.25) is 0 Å². The number of aliphatic hydroxyl groups is 1. The number of sulfone groups is 1. The van der Waals surface area contributed by atoms with Crippen molar-refractivity contribution in [2.45, 2.75) is 96.2 Å². The molecule has 0 fully saturated rings. The van der Waals surface area contributed by atoms with Gasteiger partial charge in [-0.15, -0.1) is 0 Å². The van der Waals surface area contributed by atoms with Gasteiger partial charge < -0.3 is 21.1 Å². The fourth-order valence-corrected chi connectivity index (χ4v) is 7.65. The number of aromatic amines is 1. The number of nitrogens with zero attached hydrogens (tertiary/aromatic N) is 1. The normalized spacial score (nSPS) is 13.7. The second-order valence-electron chi connectivity index (χ2n) is 11.9. The number of aromatic nitrogens is 2. The van der Waals surface area contributed by atoms with Gasteiger partial charge >= 0.3 is 0 Å². The summed E-state index contributed by atoms with van der Waals surface area (Å²) in [7, 11) is -3.87. The maximum Gasteiger partial charge on any atom is 0.269 e. The Morgan fingerprint density at radius 1 is 0.936 bits per heavy atom.